The van der Waals surface area contributed by atoms with Gasteiger partial charge in [-0.05, 0) is 240 Å². The predicted octanol–water partition coefficient (Wildman–Crippen LogP) is 21.0. The molecule has 17 rings (SSSR count). The van der Waals surface area contributed by atoms with Crippen LogP contribution in [0.3, 0.4) is 0 Å². The molecule has 10 aliphatic rings. The van der Waals surface area contributed by atoms with Crippen LogP contribution < -0.4 is 10.4 Å². The third kappa shape index (κ3) is 7.00. The maximum atomic E-state index is 2.84. The van der Waals surface area contributed by atoms with Crippen molar-refractivity contribution in [3.8, 4) is 0 Å². The van der Waals surface area contributed by atoms with Crippen molar-refractivity contribution in [1.82, 2.24) is 0 Å². The zero-order valence-corrected chi connectivity index (χ0v) is 53.6. The van der Waals surface area contributed by atoms with Crippen molar-refractivity contribution in [2.75, 3.05) is 0 Å². The summed E-state index contributed by atoms with van der Waals surface area (Å²) in [6, 6.07) is 49.4. The summed E-state index contributed by atoms with van der Waals surface area (Å²) >= 11 is 0. The van der Waals surface area contributed by atoms with E-state index in [-0.39, 0.29) is 33.5 Å². The van der Waals surface area contributed by atoms with Gasteiger partial charge in [0, 0.05) is 45.3 Å². The number of hydrogen-bond acceptors (Lipinski definition) is 0. The molecule has 0 aliphatic heterocycles. The van der Waals surface area contributed by atoms with E-state index < -0.39 is 0 Å². The van der Waals surface area contributed by atoms with Gasteiger partial charge in [-0.15, -0.1) is 0 Å². The topological polar surface area (TPSA) is 0 Å². The highest BCUT2D eigenvalue weighted by atomic mass is 14.6. The van der Waals surface area contributed by atoms with Gasteiger partial charge in [0.2, 0.25) is 0 Å². The normalized spacial score (nSPS) is 26.8. The summed E-state index contributed by atoms with van der Waals surface area (Å²) < 4.78 is 0. The second-order valence-corrected chi connectivity index (χ2v) is 28.7. The lowest BCUT2D eigenvalue weighted by Gasteiger charge is -2.39. The molecule has 0 aromatic heterocycles. The van der Waals surface area contributed by atoms with E-state index in [0.29, 0.717) is 35.5 Å². The fourth-order valence-corrected chi connectivity index (χ4v) is 22.5. The molecule has 0 fully saturated rings. The van der Waals surface area contributed by atoms with Crippen LogP contribution in [0.5, 0.6) is 0 Å². The Kier molecular flexibility index (Phi) is 12.5. The lowest BCUT2D eigenvalue weighted by molar-refractivity contribution is 0.316. The first-order chi connectivity index (χ1) is 43.2. The first kappa shape index (κ1) is 54.8. The van der Waals surface area contributed by atoms with Crippen molar-refractivity contribution in [1.29, 1.82) is 0 Å². The summed E-state index contributed by atoms with van der Waals surface area (Å²) in [7, 11) is 0. The number of allylic oxidation sites excluding steroid dienone is 16. The minimum atomic E-state index is 0.0432. The van der Waals surface area contributed by atoms with Crippen molar-refractivity contribution in [3.63, 3.8) is 0 Å². The largest absolute Gasteiger partial charge is 0.0836 e. The minimum absolute atomic E-state index is 0.0432. The molecule has 0 saturated carbocycles. The van der Waals surface area contributed by atoms with E-state index in [0.717, 1.165) is 77.0 Å². The molecule has 0 nitrogen and oxygen atoms in total. The van der Waals surface area contributed by atoms with Crippen LogP contribution in [0.4, 0.5) is 0 Å². The van der Waals surface area contributed by atoms with Crippen LogP contribution in [0.2, 0.25) is 0 Å². The van der Waals surface area contributed by atoms with Gasteiger partial charge in [-0.25, -0.2) is 0 Å². The Hall–Kier alpha value is -7.28. The predicted molar refractivity (Wildman–Crippen MR) is 373 cm³/mol. The van der Waals surface area contributed by atoms with Gasteiger partial charge >= 0.3 is 0 Å². The molecule has 0 bridgehead atoms. The van der Waals surface area contributed by atoms with Gasteiger partial charge in [-0.3, -0.25) is 0 Å². The quantitative estimate of drug-likeness (QED) is 0.107. The van der Waals surface area contributed by atoms with Gasteiger partial charge in [-0.1, -0.05) is 243 Å². The summed E-state index contributed by atoms with van der Waals surface area (Å²) in [6.45, 7) is 19.6. The molecule has 0 heteroatoms. The van der Waals surface area contributed by atoms with Crippen LogP contribution in [0.25, 0.3) is 50.4 Å². The highest BCUT2D eigenvalue weighted by Crippen LogP contribution is 2.64. The van der Waals surface area contributed by atoms with Crippen molar-refractivity contribution in [3.05, 3.63) is 276 Å². The molecule has 0 amide bonds. The SMILES string of the molecule is CCC1(CC)C2=CC=CC(c3cc4c5c(c6c7c(cc(C8=C9c%10ccccc%10C(CC)(CC)C9CC=C8)cc7c5c3)=CC(C3C=CC=C5C3c3ccccc3C5(CC)CC)C6)CC(C3=C5c6ccccc6C(CC)(CC)C5CC=C3)C=4)C2c2ccccc21. The number of hydrogen-bond donors (Lipinski definition) is 0. The van der Waals surface area contributed by atoms with Crippen LogP contribution in [-0.4, -0.2) is 0 Å². The Morgan fingerprint density at radius 2 is 0.989 bits per heavy atom. The van der Waals surface area contributed by atoms with Crippen molar-refractivity contribution >= 4 is 50.4 Å². The molecule has 0 heterocycles. The van der Waals surface area contributed by atoms with Gasteiger partial charge in [0.05, 0.1) is 0 Å². The standard InChI is InChI=1S/C88H88/c1-9-85(10-2)71-37-21-17-29-63(71)81-59(33-25-41-75(81)85)53-45-57-46-54(60-34-26-42-76-82(60)64-30-18-22-38-72(64)86(76,11-3)12-4)51-69-70-52-56(62-36-28-44-78-84(62)66-32-20-24-40-74(66)88(78,15-7)16-8)48-58-47-55(50-68(80(58)70)67(49-53)79(57)69)61-35-27-43-77-83(61)65-31-19-23-39-73(65)87(77,13-5)14-6/h17-41,44-50,54,56,59,62,76-77,81,84H,9-16,42-43,51-52H2,1-8H3. The molecular formula is C88H88. The average Bonchev–Trinajstić information content (AvgIpc) is 1.29. The van der Waals surface area contributed by atoms with Crippen LogP contribution in [0, 0.1) is 29.6 Å². The Labute approximate surface area is 524 Å². The smallest absolute Gasteiger partial charge is 0.0169 e. The van der Waals surface area contributed by atoms with Crippen LogP contribution >= 0.6 is 0 Å². The van der Waals surface area contributed by atoms with Crippen molar-refractivity contribution < 1.29 is 0 Å². The van der Waals surface area contributed by atoms with E-state index in [9.17, 15) is 0 Å². The molecule has 8 unspecified atom stereocenters. The molecule has 440 valence electrons. The minimum Gasteiger partial charge on any atom is -0.0836 e. The third-order valence-electron chi connectivity index (χ3n) is 26.6. The van der Waals surface area contributed by atoms with Gasteiger partial charge in [0.1, 0.15) is 0 Å². The summed E-state index contributed by atoms with van der Waals surface area (Å²) in [5, 5.41) is 8.88. The first-order valence-corrected chi connectivity index (χ1v) is 35.0. The molecule has 0 saturated heterocycles. The highest BCUT2D eigenvalue weighted by Gasteiger charge is 2.53. The molecule has 88 heavy (non-hydrogen) atoms. The Bertz CT molecular complexity index is 4540. The molecule has 7 aromatic carbocycles. The molecule has 8 atom stereocenters. The maximum absolute atomic E-state index is 2.84. The van der Waals surface area contributed by atoms with Crippen molar-refractivity contribution in [2.45, 2.75) is 172 Å². The fraction of sp³-hybridized carbons (Fsp3) is 0.364. The molecule has 0 spiro atoms. The van der Waals surface area contributed by atoms with E-state index in [1.54, 1.807) is 66.8 Å². The summed E-state index contributed by atoms with van der Waals surface area (Å²) in [5.74, 6) is 2.70. The van der Waals surface area contributed by atoms with E-state index in [1.807, 2.05) is 0 Å². The Morgan fingerprint density at radius 3 is 1.62 bits per heavy atom. The number of benzene rings is 7. The average molecular weight is 1150 g/mol. The Morgan fingerprint density at radius 1 is 0.466 bits per heavy atom. The third-order valence-corrected chi connectivity index (χ3v) is 26.6. The first-order valence-electron chi connectivity index (χ1n) is 35.0. The van der Waals surface area contributed by atoms with Gasteiger partial charge in [0.25, 0.3) is 0 Å². The lowest BCUT2D eigenvalue weighted by Crippen LogP contribution is -2.32. The van der Waals surface area contributed by atoms with E-state index in [1.165, 1.54) is 65.4 Å². The van der Waals surface area contributed by atoms with Crippen LogP contribution in [0.15, 0.2) is 199 Å². The van der Waals surface area contributed by atoms with Gasteiger partial charge in [0.15, 0.2) is 0 Å². The van der Waals surface area contributed by atoms with Crippen molar-refractivity contribution in [2.24, 2.45) is 29.6 Å². The van der Waals surface area contributed by atoms with E-state index in [4.69, 9.17) is 0 Å². The fourth-order valence-electron chi connectivity index (χ4n) is 22.5. The zero-order chi connectivity index (χ0) is 59.6. The molecule has 0 N–H and O–H groups in total. The molecule has 7 aromatic rings. The molecular weight excluding hydrogens is 1060 g/mol. The molecule has 0 radical (unpaired) electrons. The zero-order valence-electron chi connectivity index (χ0n) is 53.6. The van der Waals surface area contributed by atoms with E-state index >= 15 is 0 Å². The van der Waals surface area contributed by atoms with Gasteiger partial charge in [-0.2, -0.15) is 0 Å². The van der Waals surface area contributed by atoms with Gasteiger partial charge < -0.3 is 0 Å². The summed E-state index contributed by atoms with van der Waals surface area (Å²) in [5.41, 5.74) is 28.4. The summed E-state index contributed by atoms with van der Waals surface area (Å²) in [6.07, 6.45) is 44.6. The van der Waals surface area contributed by atoms with E-state index in [2.05, 4.69) is 250 Å². The highest BCUT2D eigenvalue weighted by molar-refractivity contribution is 6.14. The maximum Gasteiger partial charge on any atom is 0.0169 e. The van der Waals surface area contributed by atoms with Crippen LogP contribution in [0.1, 0.15) is 204 Å². The second-order valence-electron chi connectivity index (χ2n) is 28.7. The lowest BCUT2D eigenvalue weighted by atomic mass is 9.64. The van der Waals surface area contributed by atoms with Crippen LogP contribution in [-0.2, 0) is 34.5 Å². The number of rotatable bonds is 12. The monoisotopic (exact) mass is 1140 g/mol. The number of fused-ring (bicyclic) bond motifs is 14. The Balaban J connectivity index is 0.960. The second kappa shape index (κ2) is 20.1. The molecule has 10 aliphatic carbocycles. The summed E-state index contributed by atoms with van der Waals surface area (Å²) in [4.78, 5) is 0.